The van der Waals surface area contributed by atoms with Gasteiger partial charge in [-0.2, -0.15) is 0 Å². The van der Waals surface area contributed by atoms with E-state index < -0.39 is 43.9 Å². The Bertz CT molecular complexity index is 822. The Morgan fingerprint density at radius 1 is 0.846 bits per heavy atom. The molecule has 136 valence electrons. The van der Waals surface area contributed by atoms with Gasteiger partial charge in [0.25, 0.3) is 11.4 Å². The molecule has 0 heterocycles. The standard InChI is InChI=1S/C16H16N4O6/c1-9(21)15(17)5-3-11(7-13(15)19(23)24)12-4-6-16(18,10(2)22)14(8-12)20(25)26/h3-8H,17-18H2,1-2H3. The van der Waals surface area contributed by atoms with Crippen LogP contribution in [0.3, 0.4) is 0 Å². The molecule has 0 saturated carbocycles. The van der Waals surface area contributed by atoms with Gasteiger partial charge in [0.2, 0.25) is 0 Å². The van der Waals surface area contributed by atoms with Gasteiger partial charge in [-0.3, -0.25) is 29.8 Å². The van der Waals surface area contributed by atoms with Crippen molar-refractivity contribution in [1.29, 1.82) is 0 Å². The average molecular weight is 360 g/mol. The molecule has 0 aromatic carbocycles. The predicted octanol–water partition coefficient (Wildman–Crippen LogP) is 0.317. The van der Waals surface area contributed by atoms with E-state index in [9.17, 15) is 29.8 Å². The van der Waals surface area contributed by atoms with Crippen LogP contribution in [0.5, 0.6) is 0 Å². The van der Waals surface area contributed by atoms with Gasteiger partial charge < -0.3 is 11.5 Å². The van der Waals surface area contributed by atoms with E-state index in [4.69, 9.17) is 11.5 Å². The van der Waals surface area contributed by atoms with E-state index in [1.807, 2.05) is 0 Å². The molecule has 0 radical (unpaired) electrons. The summed E-state index contributed by atoms with van der Waals surface area (Å²) in [6, 6.07) is 0. The van der Waals surface area contributed by atoms with E-state index in [1.165, 1.54) is 24.3 Å². The van der Waals surface area contributed by atoms with Gasteiger partial charge in [0.1, 0.15) is 0 Å². The number of hydrogen-bond donors (Lipinski definition) is 2. The molecule has 0 amide bonds. The zero-order valence-corrected chi connectivity index (χ0v) is 14.0. The minimum absolute atomic E-state index is 0.222. The average Bonchev–Trinajstić information content (AvgIpc) is 2.55. The number of allylic oxidation sites excluding steroid dienone is 6. The van der Waals surface area contributed by atoms with Crippen molar-refractivity contribution in [3.8, 4) is 0 Å². The van der Waals surface area contributed by atoms with Crippen molar-refractivity contribution < 1.29 is 19.4 Å². The van der Waals surface area contributed by atoms with Gasteiger partial charge in [0.15, 0.2) is 22.6 Å². The van der Waals surface area contributed by atoms with E-state index >= 15 is 0 Å². The number of carbonyl (C=O) groups excluding carboxylic acids is 2. The first kappa shape index (κ1) is 19.1. The molecule has 0 fully saturated rings. The Morgan fingerprint density at radius 3 is 1.38 bits per heavy atom. The molecule has 2 aliphatic rings. The van der Waals surface area contributed by atoms with Crippen LogP contribution in [0.1, 0.15) is 13.8 Å². The fourth-order valence-corrected chi connectivity index (χ4v) is 2.60. The number of nitrogens with two attached hydrogens (primary N) is 2. The number of rotatable bonds is 4. The summed E-state index contributed by atoms with van der Waals surface area (Å²) < 4.78 is 0. The molecular formula is C16H16N4O6. The summed E-state index contributed by atoms with van der Waals surface area (Å²) in [6.45, 7) is 2.25. The first-order chi connectivity index (χ1) is 11.9. The summed E-state index contributed by atoms with van der Waals surface area (Å²) in [4.78, 5) is 44.5. The molecule has 0 aromatic rings. The molecule has 4 N–H and O–H groups in total. The van der Waals surface area contributed by atoms with Gasteiger partial charge in [-0.05, 0) is 37.1 Å². The third kappa shape index (κ3) is 2.91. The van der Waals surface area contributed by atoms with E-state index in [1.54, 1.807) is 0 Å². The molecule has 0 bridgehead atoms. The molecule has 2 unspecified atom stereocenters. The molecule has 0 aromatic heterocycles. The van der Waals surface area contributed by atoms with Crippen molar-refractivity contribution >= 4 is 11.6 Å². The molecule has 2 rings (SSSR count). The monoisotopic (exact) mass is 360 g/mol. The number of hydrogen-bond acceptors (Lipinski definition) is 8. The van der Waals surface area contributed by atoms with Crippen LogP contribution in [0.15, 0.2) is 59.0 Å². The molecule has 10 nitrogen and oxygen atoms in total. The van der Waals surface area contributed by atoms with Crippen molar-refractivity contribution in [2.45, 2.75) is 24.9 Å². The molecule has 10 heteroatoms. The van der Waals surface area contributed by atoms with Crippen LogP contribution in [-0.2, 0) is 9.59 Å². The number of nitrogens with zero attached hydrogens (tertiary/aromatic N) is 2. The second-order valence-corrected chi connectivity index (χ2v) is 6.00. The lowest BCUT2D eigenvalue weighted by Gasteiger charge is -2.25. The van der Waals surface area contributed by atoms with Crippen LogP contribution in [0.2, 0.25) is 0 Å². The maximum absolute atomic E-state index is 11.7. The lowest BCUT2D eigenvalue weighted by atomic mass is 9.82. The third-order valence-electron chi connectivity index (χ3n) is 4.38. The first-order valence-corrected chi connectivity index (χ1v) is 7.39. The lowest BCUT2D eigenvalue weighted by Crippen LogP contribution is -2.50. The van der Waals surface area contributed by atoms with Crippen LogP contribution in [0.4, 0.5) is 0 Å². The van der Waals surface area contributed by atoms with Gasteiger partial charge in [-0.1, -0.05) is 12.2 Å². The zero-order chi connectivity index (χ0) is 19.9. The predicted molar refractivity (Wildman–Crippen MR) is 90.7 cm³/mol. The Hall–Kier alpha value is -3.24. The maximum atomic E-state index is 11.7. The van der Waals surface area contributed by atoms with E-state index in [0.29, 0.717) is 0 Å². The van der Waals surface area contributed by atoms with Crippen LogP contribution in [-0.4, -0.2) is 32.5 Å². The topological polar surface area (TPSA) is 172 Å². The highest BCUT2D eigenvalue weighted by molar-refractivity contribution is 5.93. The minimum atomic E-state index is -1.89. The third-order valence-corrected chi connectivity index (χ3v) is 4.38. The van der Waals surface area contributed by atoms with Gasteiger partial charge in [-0.25, -0.2) is 0 Å². The number of nitro groups is 2. The highest BCUT2D eigenvalue weighted by atomic mass is 16.6. The Balaban J connectivity index is 2.66. The maximum Gasteiger partial charge on any atom is 0.278 e. The smallest absolute Gasteiger partial charge is 0.278 e. The summed E-state index contributed by atoms with van der Waals surface area (Å²) in [6.07, 6.45) is 7.20. The summed E-state index contributed by atoms with van der Waals surface area (Å²) in [5.74, 6) is -1.25. The van der Waals surface area contributed by atoms with Gasteiger partial charge in [-0.15, -0.1) is 0 Å². The quantitative estimate of drug-likeness (QED) is 0.532. The Kier molecular flexibility index (Phi) is 4.58. The van der Waals surface area contributed by atoms with E-state index in [0.717, 1.165) is 26.0 Å². The van der Waals surface area contributed by atoms with Crippen molar-refractivity contribution in [2.24, 2.45) is 11.5 Å². The summed E-state index contributed by atoms with van der Waals surface area (Å²) >= 11 is 0. The molecular weight excluding hydrogens is 344 g/mol. The van der Waals surface area contributed by atoms with Crippen LogP contribution >= 0.6 is 0 Å². The summed E-state index contributed by atoms with van der Waals surface area (Å²) in [7, 11) is 0. The molecule has 0 spiro atoms. The van der Waals surface area contributed by atoms with Crippen molar-refractivity contribution in [1.82, 2.24) is 0 Å². The number of Topliss-reactive ketones (excluding diaryl/α,β-unsaturated/α-hetero) is 2. The van der Waals surface area contributed by atoms with E-state index in [-0.39, 0.29) is 11.1 Å². The fraction of sp³-hybridized carbons (Fsp3) is 0.250. The zero-order valence-electron chi connectivity index (χ0n) is 14.0. The largest absolute Gasteiger partial charge is 0.307 e. The van der Waals surface area contributed by atoms with E-state index in [2.05, 4.69) is 0 Å². The molecule has 0 aliphatic heterocycles. The van der Waals surface area contributed by atoms with Crippen LogP contribution in [0, 0.1) is 20.2 Å². The molecule has 0 saturated heterocycles. The Morgan fingerprint density at radius 2 is 1.15 bits per heavy atom. The second kappa shape index (κ2) is 6.24. The van der Waals surface area contributed by atoms with Gasteiger partial charge >= 0.3 is 0 Å². The highest BCUT2D eigenvalue weighted by Crippen LogP contribution is 2.32. The van der Waals surface area contributed by atoms with Crippen LogP contribution < -0.4 is 11.5 Å². The minimum Gasteiger partial charge on any atom is -0.307 e. The van der Waals surface area contributed by atoms with Gasteiger partial charge in [0, 0.05) is 12.2 Å². The fourth-order valence-electron chi connectivity index (χ4n) is 2.60. The molecule has 2 atom stereocenters. The number of ketones is 2. The summed E-state index contributed by atoms with van der Waals surface area (Å²) in [5, 5.41) is 22.6. The number of carbonyl (C=O) groups is 2. The normalized spacial score (nSPS) is 30.5. The lowest BCUT2D eigenvalue weighted by molar-refractivity contribution is -0.431. The van der Waals surface area contributed by atoms with Gasteiger partial charge in [0.05, 0.1) is 9.85 Å². The first-order valence-electron chi connectivity index (χ1n) is 7.39. The van der Waals surface area contributed by atoms with Crippen molar-refractivity contribution in [3.63, 3.8) is 0 Å². The SMILES string of the molecule is CC(=O)C1(N)C=CC(=C2C=CC(N)(C(C)=O)C([N+](=O)[O-])=C2)C=C1[N+](=O)[O-]. The summed E-state index contributed by atoms with van der Waals surface area (Å²) in [5.41, 5.74) is 7.19. The van der Waals surface area contributed by atoms with Crippen LogP contribution in [0.25, 0.3) is 0 Å². The molecule has 2 aliphatic carbocycles. The highest BCUT2D eigenvalue weighted by Gasteiger charge is 2.45. The Labute approximate surface area is 147 Å². The van der Waals surface area contributed by atoms with Crippen molar-refractivity contribution in [2.75, 3.05) is 0 Å². The molecule has 26 heavy (non-hydrogen) atoms. The second-order valence-electron chi connectivity index (χ2n) is 6.00. The van der Waals surface area contributed by atoms with Crippen molar-refractivity contribution in [3.05, 3.63) is 79.2 Å².